The largest absolute Gasteiger partial charge is 0.477 e. The molecule has 1 aromatic carbocycles. The third-order valence-corrected chi connectivity index (χ3v) is 6.87. The van der Waals surface area contributed by atoms with E-state index in [1.807, 2.05) is 6.07 Å². The van der Waals surface area contributed by atoms with Gasteiger partial charge in [0.25, 0.3) is 5.91 Å². The maximum absolute atomic E-state index is 12.7. The number of carboxylic acids is 1. The van der Waals surface area contributed by atoms with Gasteiger partial charge in [0.15, 0.2) is 0 Å². The number of fused-ring (bicyclic) bond motifs is 1. The lowest BCUT2D eigenvalue weighted by Gasteiger charge is -2.49. The van der Waals surface area contributed by atoms with Gasteiger partial charge in [-0.25, -0.2) is 4.79 Å². The highest BCUT2D eigenvalue weighted by Crippen LogP contribution is 2.43. The normalized spacial score (nSPS) is 22.0. The Labute approximate surface area is 174 Å². The Hall–Kier alpha value is -2.76. The number of carbonyl (C=O) groups excluding carboxylic acids is 2. The first-order valence-electron chi connectivity index (χ1n) is 8.71. The smallest absolute Gasteiger partial charge is 0.353 e. The van der Waals surface area contributed by atoms with Gasteiger partial charge in [0.05, 0.1) is 0 Å². The summed E-state index contributed by atoms with van der Waals surface area (Å²) in [6.45, 7) is 1.78. The molecule has 11 heteroatoms. The number of carbonyl (C=O) groups is 3. The Morgan fingerprint density at radius 1 is 1.31 bits per heavy atom. The van der Waals surface area contributed by atoms with Gasteiger partial charge in [-0.1, -0.05) is 41.7 Å². The van der Waals surface area contributed by atoms with E-state index in [0.29, 0.717) is 26.9 Å². The second kappa shape index (κ2) is 7.58. The van der Waals surface area contributed by atoms with Gasteiger partial charge in [-0.05, 0) is 12.5 Å². The molecule has 0 aliphatic carbocycles. The lowest BCUT2D eigenvalue weighted by Crippen LogP contribution is -2.71. The van der Waals surface area contributed by atoms with Crippen molar-refractivity contribution in [3.05, 3.63) is 51.6 Å². The number of benzene rings is 1. The van der Waals surface area contributed by atoms with Gasteiger partial charge >= 0.3 is 5.97 Å². The fraction of sp³-hybridized carbons (Fsp3) is 0.278. The zero-order valence-corrected chi connectivity index (χ0v) is 16.9. The molecular weight excluding hydrogens is 414 g/mol. The number of hydrogen-bond donors (Lipinski definition) is 3. The number of nitrogens with zero attached hydrogens (tertiary/aromatic N) is 3. The number of aryl methyl sites for hydroxylation is 1. The summed E-state index contributed by atoms with van der Waals surface area (Å²) in [6, 6.07) is 7.09. The van der Waals surface area contributed by atoms with Crippen LogP contribution in [0.15, 0.2) is 36.0 Å². The van der Waals surface area contributed by atoms with Gasteiger partial charge in [-0.2, -0.15) is 0 Å². The summed E-state index contributed by atoms with van der Waals surface area (Å²) < 4.78 is 0. The number of nitrogens with two attached hydrogens (primary N) is 1. The quantitative estimate of drug-likeness (QED) is 0.589. The van der Waals surface area contributed by atoms with E-state index < -0.39 is 35.2 Å². The number of β-lactam (4-membered cyclic amide) rings is 1. The average Bonchev–Trinajstić information content (AvgIpc) is 3.16. The first-order valence-corrected chi connectivity index (χ1v) is 10.6. The Kier molecular flexibility index (Phi) is 5.11. The second-order valence-corrected chi connectivity index (χ2v) is 8.83. The van der Waals surface area contributed by atoms with Crippen molar-refractivity contribution < 1.29 is 19.5 Å². The highest BCUT2D eigenvalue weighted by Gasteiger charge is 2.54. The fourth-order valence-electron chi connectivity index (χ4n) is 3.26. The van der Waals surface area contributed by atoms with Crippen molar-refractivity contribution in [1.82, 2.24) is 20.4 Å². The Bertz CT molecular complexity index is 1020. The van der Waals surface area contributed by atoms with E-state index in [9.17, 15) is 19.5 Å². The van der Waals surface area contributed by atoms with Crippen LogP contribution in [0.4, 0.5) is 0 Å². The van der Waals surface area contributed by atoms with Crippen molar-refractivity contribution in [2.45, 2.75) is 24.4 Å². The maximum atomic E-state index is 12.7. The molecule has 150 valence electrons. The molecule has 0 bridgehead atoms. The SMILES string of the molecule is Cc1nnc(C2=C(C(=O)O)N3C(=O)C(NC(=O)[C@H](N)c4ccccc4)[C@H]3SC2)s1. The first kappa shape index (κ1) is 19.6. The molecule has 3 atom stereocenters. The molecule has 2 aliphatic rings. The van der Waals surface area contributed by atoms with Crippen LogP contribution in [-0.2, 0) is 14.4 Å². The molecule has 2 aromatic rings. The number of hydrogen-bond acceptors (Lipinski definition) is 8. The minimum Gasteiger partial charge on any atom is -0.477 e. The minimum absolute atomic E-state index is 0.104. The van der Waals surface area contributed by atoms with E-state index in [1.165, 1.54) is 28.0 Å². The van der Waals surface area contributed by atoms with Crippen molar-refractivity contribution >= 4 is 46.5 Å². The Morgan fingerprint density at radius 3 is 2.66 bits per heavy atom. The number of amides is 2. The molecule has 4 N–H and O–H groups in total. The standard InChI is InChI=1S/C18H17N5O4S2/c1-8-21-22-15(29-8)10-7-28-17-12(16(25)23(17)13(10)18(26)27)20-14(24)11(19)9-5-3-2-4-6-9/h2-6,11-12,17H,7,19H2,1H3,(H,20,24)(H,26,27)/t11-,12?,17-/m1/s1. The van der Waals surface area contributed by atoms with Crippen LogP contribution < -0.4 is 11.1 Å². The molecule has 0 radical (unpaired) electrons. The van der Waals surface area contributed by atoms with Crippen molar-refractivity contribution in [3.8, 4) is 0 Å². The van der Waals surface area contributed by atoms with Crippen molar-refractivity contribution in [2.75, 3.05) is 5.75 Å². The van der Waals surface area contributed by atoms with Gasteiger partial charge < -0.3 is 16.2 Å². The second-order valence-electron chi connectivity index (χ2n) is 6.54. The van der Waals surface area contributed by atoms with Gasteiger partial charge in [-0.3, -0.25) is 14.5 Å². The molecule has 2 amide bonds. The summed E-state index contributed by atoms with van der Waals surface area (Å²) >= 11 is 2.65. The van der Waals surface area contributed by atoms with Crippen LogP contribution in [0.5, 0.6) is 0 Å². The lowest BCUT2D eigenvalue weighted by atomic mass is 10.0. The summed E-state index contributed by atoms with van der Waals surface area (Å²) in [6.07, 6.45) is 0. The molecule has 9 nitrogen and oxygen atoms in total. The molecule has 1 unspecified atom stereocenters. The molecule has 4 rings (SSSR count). The number of aromatic nitrogens is 2. The molecule has 2 aliphatic heterocycles. The van der Waals surface area contributed by atoms with Crippen LogP contribution in [-0.4, -0.2) is 55.2 Å². The molecule has 3 heterocycles. The molecule has 29 heavy (non-hydrogen) atoms. The summed E-state index contributed by atoms with van der Waals surface area (Å²) in [5.41, 5.74) is 6.98. The van der Waals surface area contributed by atoms with Crippen LogP contribution in [0, 0.1) is 6.92 Å². The van der Waals surface area contributed by atoms with Gasteiger partial charge in [0, 0.05) is 11.3 Å². The van der Waals surface area contributed by atoms with Crippen LogP contribution in [0.2, 0.25) is 0 Å². The predicted octanol–water partition coefficient (Wildman–Crippen LogP) is 0.742. The first-order chi connectivity index (χ1) is 13.9. The Balaban J connectivity index is 1.54. The molecule has 1 fully saturated rings. The van der Waals surface area contributed by atoms with E-state index in [4.69, 9.17) is 5.73 Å². The third kappa shape index (κ3) is 3.41. The van der Waals surface area contributed by atoms with Crippen LogP contribution in [0.3, 0.4) is 0 Å². The van der Waals surface area contributed by atoms with Crippen molar-refractivity contribution in [3.63, 3.8) is 0 Å². The number of nitrogens with one attached hydrogen (secondary N) is 1. The monoisotopic (exact) mass is 431 g/mol. The molecule has 0 spiro atoms. The van der Waals surface area contributed by atoms with E-state index in [-0.39, 0.29) is 5.70 Å². The van der Waals surface area contributed by atoms with Crippen LogP contribution in [0.1, 0.15) is 21.6 Å². The zero-order valence-electron chi connectivity index (χ0n) is 15.2. The summed E-state index contributed by atoms with van der Waals surface area (Å²) in [5.74, 6) is -1.83. The third-order valence-electron chi connectivity index (χ3n) is 4.69. The lowest BCUT2D eigenvalue weighted by molar-refractivity contribution is -0.150. The molecular formula is C18H17N5O4S2. The van der Waals surface area contributed by atoms with Crippen molar-refractivity contribution in [1.29, 1.82) is 0 Å². The van der Waals surface area contributed by atoms with Crippen LogP contribution >= 0.6 is 23.1 Å². The summed E-state index contributed by atoms with van der Waals surface area (Å²) in [7, 11) is 0. The van der Waals surface area contributed by atoms with E-state index in [2.05, 4.69) is 15.5 Å². The van der Waals surface area contributed by atoms with E-state index >= 15 is 0 Å². The highest BCUT2D eigenvalue weighted by molar-refractivity contribution is 8.00. The molecule has 0 saturated carbocycles. The number of rotatable bonds is 5. The number of aliphatic carboxylic acids is 1. The van der Waals surface area contributed by atoms with Gasteiger partial charge in [0.1, 0.15) is 33.2 Å². The minimum atomic E-state index is -1.21. The summed E-state index contributed by atoms with van der Waals surface area (Å²) in [5, 5.41) is 21.0. The van der Waals surface area contributed by atoms with Crippen molar-refractivity contribution in [2.24, 2.45) is 5.73 Å². The van der Waals surface area contributed by atoms with E-state index in [0.717, 1.165) is 0 Å². The molecule has 1 saturated heterocycles. The van der Waals surface area contributed by atoms with Gasteiger partial charge in [-0.15, -0.1) is 22.0 Å². The van der Waals surface area contributed by atoms with Gasteiger partial charge in [0.2, 0.25) is 5.91 Å². The average molecular weight is 431 g/mol. The maximum Gasteiger partial charge on any atom is 0.353 e. The number of carboxylic acid groups (broad SMARTS) is 1. The van der Waals surface area contributed by atoms with Crippen LogP contribution in [0.25, 0.3) is 5.57 Å². The Morgan fingerprint density at radius 2 is 2.03 bits per heavy atom. The summed E-state index contributed by atoms with van der Waals surface area (Å²) in [4.78, 5) is 38.3. The topological polar surface area (TPSA) is 139 Å². The number of thioether (sulfide) groups is 1. The zero-order chi connectivity index (χ0) is 20.7. The molecule has 1 aromatic heterocycles. The fourth-order valence-corrected chi connectivity index (χ4v) is 5.43. The highest BCUT2D eigenvalue weighted by atomic mass is 32.2. The van der Waals surface area contributed by atoms with E-state index in [1.54, 1.807) is 31.2 Å². The predicted molar refractivity (Wildman–Crippen MR) is 108 cm³/mol.